The molecule has 2 aromatic carbocycles. The van der Waals surface area contributed by atoms with Gasteiger partial charge in [0, 0.05) is 5.39 Å². The Kier molecular flexibility index (Phi) is 23.4. The van der Waals surface area contributed by atoms with Crippen LogP contribution < -0.4 is 29.6 Å². The van der Waals surface area contributed by atoms with Crippen LogP contribution >= 0.6 is 0 Å². The van der Waals surface area contributed by atoms with Crippen LogP contribution in [0.4, 0.5) is 0 Å². The van der Waals surface area contributed by atoms with E-state index < -0.39 is 10.1 Å². The summed E-state index contributed by atoms with van der Waals surface area (Å²) in [6, 6.07) is 12.9. The Morgan fingerprint density at radius 3 is 1.57 bits per heavy atom. The zero-order valence-electron chi connectivity index (χ0n) is 25.6. The number of unbranched alkanes of at least 4 members (excludes halogenated alkanes) is 16. The Morgan fingerprint density at radius 2 is 1.06 bits per heavy atom. The molecule has 0 atom stereocenters. The minimum atomic E-state index is -3.71. The first kappa shape index (κ1) is 35.9. The van der Waals surface area contributed by atoms with Gasteiger partial charge in [0.05, 0.1) is 6.61 Å². The average molecular weight is 541 g/mol. The van der Waals surface area contributed by atoms with E-state index in [2.05, 4.69) is 6.92 Å². The summed E-state index contributed by atoms with van der Waals surface area (Å²) in [4.78, 5) is 0.271. The molecule has 0 saturated heterocycles. The minimum Gasteiger partial charge on any atom is -1.00 e. The number of benzene rings is 2. The van der Waals surface area contributed by atoms with Gasteiger partial charge >= 0.3 is 67.3 Å². The zero-order chi connectivity index (χ0) is 23.6. The summed E-state index contributed by atoms with van der Waals surface area (Å²) in [5, 5.41) is 1.64. The second-order valence-electron chi connectivity index (χ2n) is 9.41. The molecule has 2 rings (SSSR count). The van der Waals surface area contributed by atoms with Crippen LogP contribution in [0.2, 0.25) is 0 Å². The maximum absolute atomic E-state index is 12.6. The molecule has 0 aromatic heterocycles. The van der Waals surface area contributed by atoms with E-state index in [1.165, 1.54) is 89.9 Å². The van der Waals surface area contributed by atoms with Gasteiger partial charge in [-0.05, 0) is 17.9 Å². The summed E-state index contributed by atoms with van der Waals surface area (Å²) >= 11 is 0. The van der Waals surface area contributed by atoms with Crippen molar-refractivity contribution in [2.24, 2.45) is 0 Å². The Morgan fingerprint density at radius 1 is 0.629 bits per heavy atom. The Balaban J connectivity index is -0.00000116. The molecule has 0 spiro atoms. The second kappa shape index (κ2) is 22.8. The fraction of sp³-hybridized carbons (Fsp3) is 0.655. The molecule has 0 aliphatic heterocycles. The summed E-state index contributed by atoms with van der Waals surface area (Å²) in [7, 11) is -3.71. The topological polar surface area (TPSA) is 43.4 Å². The molecular formula is C29H49CaNaO3S. The first-order chi connectivity index (χ1) is 16.1. The molecule has 0 radical (unpaired) electrons. The average Bonchev–Trinajstić information content (AvgIpc) is 2.83. The van der Waals surface area contributed by atoms with Crippen molar-refractivity contribution in [3.63, 3.8) is 0 Å². The molecule has 0 N–H and O–H groups in total. The molecule has 0 amide bonds. The van der Waals surface area contributed by atoms with E-state index in [4.69, 9.17) is 4.18 Å². The summed E-state index contributed by atoms with van der Waals surface area (Å²) in [5.74, 6) is 0. The molecule has 192 valence electrons. The van der Waals surface area contributed by atoms with Gasteiger partial charge < -0.3 is 4.28 Å². The smallest absolute Gasteiger partial charge is 1.00 e. The predicted molar refractivity (Wildman–Crippen MR) is 150 cm³/mol. The van der Waals surface area contributed by atoms with E-state index in [1.807, 2.05) is 30.3 Å². The van der Waals surface area contributed by atoms with Crippen molar-refractivity contribution in [3.05, 3.63) is 42.5 Å². The van der Waals surface area contributed by atoms with Crippen molar-refractivity contribution in [1.82, 2.24) is 0 Å². The molecule has 0 unspecified atom stereocenters. The quantitative estimate of drug-likeness (QED) is 0.115. The summed E-state index contributed by atoms with van der Waals surface area (Å²) in [6.45, 7) is 2.54. The molecule has 0 saturated carbocycles. The van der Waals surface area contributed by atoms with Crippen LogP contribution in [-0.2, 0) is 14.3 Å². The van der Waals surface area contributed by atoms with E-state index in [0.29, 0.717) is 0 Å². The summed E-state index contributed by atoms with van der Waals surface area (Å²) in [6.07, 6.45) is 22.3. The third-order valence-electron chi connectivity index (χ3n) is 6.51. The van der Waals surface area contributed by atoms with E-state index in [-0.39, 0.29) is 83.1 Å². The molecule has 3 nitrogen and oxygen atoms in total. The van der Waals surface area contributed by atoms with E-state index in [0.717, 1.165) is 30.0 Å². The van der Waals surface area contributed by atoms with Gasteiger partial charge in [-0.15, -0.1) is 0 Å². The number of hydrogen-bond donors (Lipinski definition) is 0. The van der Waals surface area contributed by atoms with E-state index >= 15 is 0 Å². The standard InChI is InChI=1S/C29H46O3S.Ca.Na.3H/c1-2-3-4-5-6-7-8-9-10-11-12-13-14-15-16-17-20-26-32-33(30,31)29-25-21-23-27-22-18-19-24-28(27)29;;;;;/h18-19,21-25H,2-17,20,26H2,1H3;;;;;/q;+2;+1;3*-1. The van der Waals surface area contributed by atoms with Crippen LogP contribution in [-0.4, -0.2) is 52.8 Å². The molecular weight excluding hydrogens is 491 g/mol. The maximum Gasteiger partial charge on any atom is 2.00 e. The van der Waals surface area contributed by atoms with Crippen LogP contribution in [0.5, 0.6) is 0 Å². The van der Waals surface area contributed by atoms with Gasteiger partial charge in [-0.3, -0.25) is 4.18 Å². The molecule has 0 aliphatic carbocycles. The fourth-order valence-electron chi connectivity index (χ4n) is 4.47. The summed E-state index contributed by atoms with van der Waals surface area (Å²) < 4.78 is 30.5. The Bertz CT molecular complexity index is 883. The van der Waals surface area contributed by atoms with E-state index in [9.17, 15) is 8.42 Å². The predicted octanol–water partition coefficient (Wildman–Crippen LogP) is 6.16. The van der Waals surface area contributed by atoms with Gasteiger partial charge in [-0.25, -0.2) is 0 Å². The van der Waals surface area contributed by atoms with Crippen molar-refractivity contribution in [1.29, 1.82) is 0 Å². The number of hydrogen-bond acceptors (Lipinski definition) is 3. The first-order valence-electron chi connectivity index (χ1n) is 13.5. The SMILES string of the molecule is CCCCCCCCCCCCCCCCCCCOS(=O)(=O)c1cccc2ccccc12.[Ca+2].[H-].[H-].[H-].[Na+]. The molecule has 0 bridgehead atoms. The maximum atomic E-state index is 12.6. The Hall–Kier alpha value is 0.870. The molecule has 0 aliphatic rings. The molecule has 0 heterocycles. The first-order valence-corrected chi connectivity index (χ1v) is 14.9. The third kappa shape index (κ3) is 15.8. The molecule has 2 aromatic rings. The van der Waals surface area contributed by atoms with Gasteiger partial charge in [0.1, 0.15) is 4.90 Å². The van der Waals surface area contributed by atoms with Crippen LogP contribution in [0, 0.1) is 0 Å². The van der Waals surface area contributed by atoms with Crippen molar-refractivity contribution < 1.29 is 46.4 Å². The van der Waals surface area contributed by atoms with Crippen LogP contribution in [0.15, 0.2) is 47.4 Å². The Labute approximate surface area is 272 Å². The van der Waals surface area contributed by atoms with Gasteiger partial charge in [-0.2, -0.15) is 8.42 Å². The van der Waals surface area contributed by atoms with Gasteiger partial charge in [0.15, 0.2) is 0 Å². The molecule has 35 heavy (non-hydrogen) atoms. The second-order valence-corrected chi connectivity index (χ2v) is 11.0. The van der Waals surface area contributed by atoms with Crippen molar-refractivity contribution in [2.75, 3.05) is 6.61 Å². The molecule has 0 fully saturated rings. The van der Waals surface area contributed by atoms with Crippen molar-refractivity contribution in [2.45, 2.75) is 121 Å². The van der Waals surface area contributed by atoms with Crippen LogP contribution in [0.1, 0.15) is 120 Å². The van der Waals surface area contributed by atoms with Crippen LogP contribution in [0.25, 0.3) is 10.8 Å². The van der Waals surface area contributed by atoms with Gasteiger partial charge in [0.2, 0.25) is 0 Å². The number of fused-ring (bicyclic) bond motifs is 1. The summed E-state index contributed by atoms with van der Waals surface area (Å²) in [5.41, 5.74) is 0. The molecule has 6 heteroatoms. The van der Waals surface area contributed by atoms with Crippen LogP contribution in [0.3, 0.4) is 0 Å². The minimum absolute atomic E-state index is 0. The van der Waals surface area contributed by atoms with E-state index in [1.54, 1.807) is 12.1 Å². The van der Waals surface area contributed by atoms with Gasteiger partial charge in [0.25, 0.3) is 10.1 Å². The van der Waals surface area contributed by atoms with Gasteiger partial charge in [-0.1, -0.05) is 146 Å². The normalized spacial score (nSPS) is 11.2. The van der Waals surface area contributed by atoms with Crippen molar-refractivity contribution >= 4 is 58.6 Å². The largest absolute Gasteiger partial charge is 2.00 e. The number of rotatable bonds is 20. The fourth-order valence-corrected chi connectivity index (χ4v) is 5.64. The van der Waals surface area contributed by atoms with Crippen molar-refractivity contribution in [3.8, 4) is 0 Å². The third-order valence-corrected chi connectivity index (χ3v) is 7.88. The zero-order valence-corrected chi connectivity index (χ0v) is 27.6. The monoisotopic (exact) mass is 540 g/mol.